The number of hydrogen-bond acceptors (Lipinski definition) is 6. The van der Waals surface area contributed by atoms with E-state index in [4.69, 9.17) is 4.74 Å². The smallest absolute Gasteiger partial charge is 0.328 e. The van der Waals surface area contributed by atoms with E-state index in [-0.39, 0.29) is 6.61 Å². The van der Waals surface area contributed by atoms with Crippen LogP contribution >= 0.6 is 0 Å². The van der Waals surface area contributed by atoms with E-state index in [2.05, 4.69) is 5.32 Å². The van der Waals surface area contributed by atoms with Crippen LogP contribution in [0.3, 0.4) is 0 Å². The SMILES string of the molecule is CCOC(=O)[C@H](CCc1ccccc1)N[C@@H](C)C(=O)[C@@H](C(=O)O)N1CCCC1. The monoisotopic (exact) mass is 390 g/mol. The lowest BCUT2D eigenvalue weighted by atomic mass is 10.0. The Morgan fingerprint density at radius 1 is 1.18 bits per heavy atom. The number of carbonyl (C=O) groups excluding carboxylic acids is 2. The molecule has 2 N–H and O–H groups in total. The molecule has 0 spiro atoms. The Hall–Kier alpha value is -2.25. The van der Waals surface area contributed by atoms with Gasteiger partial charge in [-0.1, -0.05) is 30.3 Å². The summed E-state index contributed by atoms with van der Waals surface area (Å²) in [4.78, 5) is 38.6. The number of nitrogens with one attached hydrogen (secondary N) is 1. The number of likely N-dealkylation sites (tertiary alicyclic amines) is 1. The number of hydrogen-bond donors (Lipinski definition) is 2. The Labute approximate surface area is 166 Å². The van der Waals surface area contributed by atoms with E-state index < -0.39 is 35.8 Å². The number of aliphatic carboxylic acids is 1. The van der Waals surface area contributed by atoms with Gasteiger partial charge in [0, 0.05) is 0 Å². The van der Waals surface area contributed by atoms with E-state index in [0.29, 0.717) is 25.9 Å². The number of benzene rings is 1. The summed E-state index contributed by atoms with van der Waals surface area (Å²) in [5.41, 5.74) is 1.08. The van der Waals surface area contributed by atoms with Crippen LogP contribution in [-0.4, -0.2) is 65.6 Å². The Balaban J connectivity index is 2.04. The summed E-state index contributed by atoms with van der Waals surface area (Å²) in [6, 6.07) is 7.12. The number of ketones is 1. The molecule has 2 rings (SSSR count). The van der Waals surface area contributed by atoms with Crippen molar-refractivity contribution >= 4 is 17.7 Å². The van der Waals surface area contributed by atoms with E-state index in [1.807, 2.05) is 30.3 Å². The fraction of sp³-hybridized carbons (Fsp3) is 0.571. The van der Waals surface area contributed by atoms with Crippen LogP contribution in [0.15, 0.2) is 30.3 Å². The summed E-state index contributed by atoms with van der Waals surface area (Å²) < 4.78 is 5.14. The van der Waals surface area contributed by atoms with Crippen molar-refractivity contribution in [1.82, 2.24) is 10.2 Å². The lowest BCUT2D eigenvalue weighted by Gasteiger charge is -2.27. The molecular formula is C21H30N2O5. The number of ether oxygens (including phenoxy) is 1. The maximum absolute atomic E-state index is 12.8. The minimum atomic E-state index is -1.18. The molecule has 0 aromatic heterocycles. The maximum atomic E-state index is 12.8. The highest BCUT2D eigenvalue weighted by molar-refractivity contribution is 6.05. The molecule has 1 fully saturated rings. The summed E-state index contributed by atoms with van der Waals surface area (Å²) >= 11 is 0. The maximum Gasteiger partial charge on any atom is 0.328 e. The van der Waals surface area contributed by atoms with Gasteiger partial charge < -0.3 is 9.84 Å². The molecule has 0 saturated carbocycles. The molecule has 1 saturated heterocycles. The molecule has 28 heavy (non-hydrogen) atoms. The van der Waals surface area contributed by atoms with Gasteiger partial charge >= 0.3 is 11.9 Å². The van der Waals surface area contributed by atoms with Gasteiger partial charge in [0.1, 0.15) is 6.04 Å². The first-order valence-electron chi connectivity index (χ1n) is 9.91. The Kier molecular flexibility index (Phi) is 8.60. The first kappa shape index (κ1) is 22.0. The highest BCUT2D eigenvalue weighted by Gasteiger charge is 2.37. The summed E-state index contributed by atoms with van der Waals surface area (Å²) in [6.07, 6.45) is 2.89. The summed E-state index contributed by atoms with van der Waals surface area (Å²) in [6.45, 7) is 4.79. The molecule has 7 heteroatoms. The molecule has 0 aliphatic carbocycles. The van der Waals surface area contributed by atoms with Crippen LogP contribution < -0.4 is 5.32 Å². The van der Waals surface area contributed by atoms with Crippen LogP contribution in [0.2, 0.25) is 0 Å². The van der Waals surface area contributed by atoms with Crippen LogP contribution in [0.5, 0.6) is 0 Å². The summed E-state index contributed by atoms with van der Waals surface area (Å²) in [5, 5.41) is 12.6. The zero-order valence-electron chi connectivity index (χ0n) is 16.6. The molecule has 1 aromatic rings. The Morgan fingerprint density at radius 3 is 2.39 bits per heavy atom. The molecule has 0 amide bonds. The van der Waals surface area contributed by atoms with Crippen molar-refractivity contribution in [1.29, 1.82) is 0 Å². The topological polar surface area (TPSA) is 95.9 Å². The van der Waals surface area contributed by atoms with E-state index in [1.54, 1.807) is 18.7 Å². The fourth-order valence-electron chi connectivity index (χ4n) is 3.55. The quantitative estimate of drug-likeness (QED) is 0.438. The molecule has 1 aliphatic rings. The van der Waals surface area contributed by atoms with Crippen LogP contribution in [0.1, 0.15) is 38.7 Å². The van der Waals surface area contributed by atoms with Crippen molar-refractivity contribution < 1.29 is 24.2 Å². The van der Waals surface area contributed by atoms with E-state index >= 15 is 0 Å². The van der Waals surface area contributed by atoms with Crippen molar-refractivity contribution in [2.24, 2.45) is 0 Å². The first-order valence-corrected chi connectivity index (χ1v) is 9.91. The number of esters is 1. The predicted molar refractivity (Wildman–Crippen MR) is 105 cm³/mol. The molecule has 1 aliphatic heterocycles. The Morgan fingerprint density at radius 2 is 1.82 bits per heavy atom. The lowest BCUT2D eigenvalue weighted by Crippen LogP contribution is -2.55. The second-order valence-corrected chi connectivity index (χ2v) is 7.10. The normalized spacial score (nSPS) is 17.6. The van der Waals surface area contributed by atoms with Crippen LogP contribution in [0.25, 0.3) is 0 Å². The van der Waals surface area contributed by atoms with Gasteiger partial charge in [0.2, 0.25) is 0 Å². The van der Waals surface area contributed by atoms with Gasteiger partial charge in [0.25, 0.3) is 0 Å². The summed E-state index contributed by atoms with van der Waals surface area (Å²) in [5.74, 6) is -1.99. The molecule has 0 unspecified atom stereocenters. The Bertz CT molecular complexity index is 658. The first-order chi connectivity index (χ1) is 13.4. The van der Waals surface area contributed by atoms with Crippen LogP contribution in [0.4, 0.5) is 0 Å². The molecule has 3 atom stereocenters. The van der Waals surface area contributed by atoms with Crippen LogP contribution in [0, 0.1) is 0 Å². The van der Waals surface area contributed by atoms with E-state index in [1.165, 1.54) is 0 Å². The van der Waals surface area contributed by atoms with Crippen molar-refractivity contribution in [3.05, 3.63) is 35.9 Å². The molecule has 7 nitrogen and oxygen atoms in total. The number of Topliss-reactive ketones (excluding diaryl/α,β-unsaturated/α-hetero) is 1. The average molecular weight is 390 g/mol. The van der Waals surface area contributed by atoms with Gasteiger partial charge in [-0.25, -0.2) is 0 Å². The van der Waals surface area contributed by atoms with Gasteiger partial charge in [-0.3, -0.25) is 24.6 Å². The van der Waals surface area contributed by atoms with Crippen molar-refractivity contribution in [2.75, 3.05) is 19.7 Å². The standard InChI is InChI=1S/C21H30N2O5/c1-3-28-21(27)17(12-11-16-9-5-4-6-10-16)22-15(2)19(24)18(20(25)26)23-13-7-8-14-23/h4-6,9-10,15,17-18,22H,3,7-8,11-14H2,1-2H3,(H,25,26)/t15-,17-,18-/m0/s1. The molecule has 0 bridgehead atoms. The van der Waals surface area contributed by atoms with Gasteiger partial charge in [0.15, 0.2) is 11.8 Å². The fourth-order valence-corrected chi connectivity index (χ4v) is 3.55. The van der Waals surface area contributed by atoms with Crippen molar-refractivity contribution in [3.63, 3.8) is 0 Å². The largest absolute Gasteiger partial charge is 0.480 e. The number of nitrogens with zero attached hydrogens (tertiary/aromatic N) is 1. The molecular weight excluding hydrogens is 360 g/mol. The average Bonchev–Trinajstić information content (AvgIpc) is 3.19. The third kappa shape index (κ3) is 6.14. The van der Waals surface area contributed by atoms with Gasteiger partial charge in [-0.2, -0.15) is 0 Å². The van der Waals surface area contributed by atoms with Gasteiger partial charge in [-0.15, -0.1) is 0 Å². The summed E-state index contributed by atoms with van der Waals surface area (Å²) in [7, 11) is 0. The number of rotatable bonds is 11. The number of carboxylic acid groups (broad SMARTS) is 1. The highest BCUT2D eigenvalue weighted by Crippen LogP contribution is 2.15. The van der Waals surface area contributed by atoms with Crippen molar-refractivity contribution in [3.8, 4) is 0 Å². The molecule has 1 aromatic carbocycles. The van der Waals surface area contributed by atoms with Gasteiger partial charge in [-0.05, 0) is 58.2 Å². The third-order valence-corrected chi connectivity index (χ3v) is 5.02. The van der Waals surface area contributed by atoms with Crippen LogP contribution in [-0.2, 0) is 25.5 Å². The van der Waals surface area contributed by atoms with E-state index in [0.717, 1.165) is 18.4 Å². The van der Waals surface area contributed by atoms with Gasteiger partial charge in [0.05, 0.1) is 12.6 Å². The number of aryl methyl sites for hydroxylation is 1. The second-order valence-electron chi connectivity index (χ2n) is 7.10. The van der Waals surface area contributed by atoms with Crippen molar-refractivity contribution in [2.45, 2.75) is 57.7 Å². The number of carboxylic acids is 1. The minimum absolute atomic E-state index is 0.246. The molecule has 0 radical (unpaired) electrons. The zero-order chi connectivity index (χ0) is 20.5. The number of carbonyl (C=O) groups is 3. The lowest BCUT2D eigenvalue weighted by molar-refractivity contribution is -0.148. The molecule has 1 heterocycles. The highest BCUT2D eigenvalue weighted by atomic mass is 16.5. The van der Waals surface area contributed by atoms with E-state index in [9.17, 15) is 19.5 Å². The molecule has 154 valence electrons. The predicted octanol–water partition coefficient (Wildman–Crippen LogP) is 1.65. The second kappa shape index (κ2) is 10.9. The third-order valence-electron chi connectivity index (χ3n) is 5.02. The minimum Gasteiger partial charge on any atom is -0.480 e. The zero-order valence-corrected chi connectivity index (χ0v) is 16.6.